The van der Waals surface area contributed by atoms with Crippen molar-refractivity contribution in [2.45, 2.75) is 56.9 Å². The third kappa shape index (κ3) is 3.80. The van der Waals surface area contributed by atoms with Gasteiger partial charge in [0.2, 0.25) is 0 Å². The fourth-order valence-electron chi connectivity index (χ4n) is 4.62. The summed E-state index contributed by atoms with van der Waals surface area (Å²) in [4.78, 5) is 8.20. The molecule has 1 atom stereocenters. The van der Waals surface area contributed by atoms with E-state index in [4.69, 9.17) is 0 Å². The molecule has 3 saturated heterocycles. The van der Waals surface area contributed by atoms with Gasteiger partial charge in [-0.05, 0) is 97.2 Å². The second kappa shape index (κ2) is 7.43. The van der Waals surface area contributed by atoms with E-state index in [9.17, 15) is 0 Å². The summed E-state index contributed by atoms with van der Waals surface area (Å²) < 4.78 is 0. The Morgan fingerprint density at radius 2 is 1.24 bits per heavy atom. The zero-order valence-corrected chi connectivity index (χ0v) is 13.9. The van der Waals surface area contributed by atoms with Crippen molar-refractivity contribution in [2.75, 3.05) is 52.4 Å². The minimum atomic E-state index is 0.351. The predicted octanol–water partition coefficient (Wildman–Crippen LogP) is 2.63. The topological polar surface area (TPSA) is 9.72 Å². The monoisotopic (exact) mass is 292 g/mol. The van der Waals surface area contributed by atoms with Gasteiger partial charge in [0, 0.05) is 12.1 Å². The van der Waals surface area contributed by atoms with E-state index in [1.165, 1.54) is 97.3 Å². The molecule has 3 heterocycles. The third-order valence-corrected chi connectivity index (χ3v) is 6.05. The first-order chi connectivity index (χ1) is 10.3. The molecule has 0 aliphatic carbocycles. The number of rotatable bonds is 7. The molecule has 0 spiro atoms. The highest BCUT2D eigenvalue weighted by molar-refractivity contribution is 4.97. The Hall–Kier alpha value is -0.120. The number of hydrogen-bond donors (Lipinski definition) is 0. The van der Waals surface area contributed by atoms with Gasteiger partial charge >= 0.3 is 0 Å². The van der Waals surface area contributed by atoms with Crippen LogP contribution >= 0.6 is 0 Å². The maximum absolute atomic E-state index is 4.40. The molecule has 0 N–H and O–H groups in total. The molecule has 3 aliphatic rings. The van der Waals surface area contributed by atoms with Gasteiger partial charge in [-0.25, -0.2) is 0 Å². The fourth-order valence-corrected chi connectivity index (χ4v) is 4.62. The molecule has 1 radical (unpaired) electrons. The molecular formula is C18H34N3. The fraction of sp³-hybridized carbons (Fsp3) is 0.944. The predicted molar refractivity (Wildman–Crippen MR) is 89.5 cm³/mol. The smallest absolute Gasteiger partial charge is 0.0348 e. The van der Waals surface area contributed by atoms with Gasteiger partial charge in [0.1, 0.15) is 0 Å². The highest BCUT2D eigenvalue weighted by Crippen LogP contribution is 2.31. The van der Waals surface area contributed by atoms with Gasteiger partial charge < -0.3 is 9.80 Å². The lowest BCUT2D eigenvalue weighted by atomic mass is 9.88. The van der Waals surface area contributed by atoms with Crippen molar-refractivity contribution < 1.29 is 0 Å². The largest absolute Gasteiger partial charge is 0.303 e. The summed E-state index contributed by atoms with van der Waals surface area (Å²) in [7, 11) is 0. The van der Waals surface area contributed by atoms with Crippen molar-refractivity contribution in [1.29, 1.82) is 0 Å². The van der Waals surface area contributed by atoms with Gasteiger partial charge in [0.05, 0.1) is 0 Å². The Bertz CT molecular complexity index is 302. The van der Waals surface area contributed by atoms with Crippen molar-refractivity contribution in [2.24, 2.45) is 0 Å². The van der Waals surface area contributed by atoms with Crippen molar-refractivity contribution in [3.63, 3.8) is 0 Å². The van der Waals surface area contributed by atoms with Gasteiger partial charge in [0.25, 0.3) is 0 Å². The van der Waals surface area contributed by atoms with E-state index in [0.29, 0.717) is 5.54 Å². The van der Waals surface area contributed by atoms with Crippen LogP contribution < -0.4 is 0 Å². The van der Waals surface area contributed by atoms with Crippen LogP contribution in [0.5, 0.6) is 0 Å². The Morgan fingerprint density at radius 3 is 1.81 bits per heavy atom. The molecule has 3 rings (SSSR count). The molecule has 3 heteroatoms. The highest BCUT2D eigenvalue weighted by Gasteiger charge is 2.38. The van der Waals surface area contributed by atoms with E-state index >= 15 is 0 Å². The standard InChI is InChI=1S/C18H34N3/c1-2-18(21-14-7-8-15-21,17-20-12-5-6-13-20)9-16-19-10-3-4-11-19/h1-17H2. The maximum atomic E-state index is 4.40. The van der Waals surface area contributed by atoms with Crippen LogP contribution in [-0.4, -0.2) is 72.6 Å². The lowest BCUT2D eigenvalue weighted by molar-refractivity contribution is 0.0585. The van der Waals surface area contributed by atoms with Crippen LogP contribution in [0.1, 0.15) is 51.4 Å². The lowest BCUT2D eigenvalue weighted by Crippen LogP contribution is -2.55. The van der Waals surface area contributed by atoms with Gasteiger partial charge in [0.15, 0.2) is 0 Å². The summed E-state index contributed by atoms with van der Waals surface area (Å²) in [6, 6.07) is 0. The first-order valence-electron chi connectivity index (χ1n) is 9.31. The summed E-state index contributed by atoms with van der Waals surface area (Å²) in [5.74, 6) is 0. The molecule has 0 saturated carbocycles. The number of hydrogen-bond acceptors (Lipinski definition) is 3. The number of likely N-dealkylation sites (tertiary alicyclic amines) is 3. The molecule has 121 valence electrons. The Kier molecular flexibility index (Phi) is 5.58. The Labute approximate surface area is 131 Å². The van der Waals surface area contributed by atoms with E-state index < -0.39 is 0 Å². The molecule has 3 fully saturated rings. The van der Waals surface area contributed by atoms with E-state index in [-0.39, 0.29) is 0 Å². The van der Waals surface area contributed by atoms with Crippen LogP contribution in [0.3, 0.4) is 0 Å². The minimum Gasteiger partial charge on any atom is -0.303 e. The van der Waals surface area contributed by atoms with Crippen LogP contribution in [0, 0.1) is 6.92 Å². The summed E-state index contributed by atoms with van der Waals surface area (Å²) in [6.07, 6.45) is 10.8. The SMILES string of the molecule is [CH2]CC(CCN1CCCC1)(CN1CCCC1)N1CCCC1. The minimum absolute atomic E-state index is 0.351. The van der Waals surface area contributed by atoms with Crippen LogP contribution in [0.4, 0.5) is 0 Å². The molecule has 1 unspecified atom stereocenters. The normalized spacial score (nSPS) is 28.4. The van der Waals surface area contributed by atoms with Crippen molar-refractivity contribution in [1.82, 2.24) is 14.7 Å². The van der Waals surface area contributed by atoms with Gasteiger partial charge in [-0.15, -0.1) is 0 Å². The molecule has 3 aliphatic heterocycles. The van der Waals surface area contributed by atoms with Crippen molar-refractivity contribution in [3.05, 3.63) is 6.92 Å². The molecule has 0 bridgehead atoms. The zero-order chi connectivity index (χ0) is 14.5. The molecule has 0 aromatic heterocycles. The van der Waals surface area contributed by atoms with Crippen LogP contribution in [0.2, 0.25) is 0 Å². The second-order valence-corrected chi connectivity index (χ2v) is 7.45. The molecule has 0 aromatic carbocycles. The van der Waals surface area contributed by atoms with Gasteiger partial charge in [-0.2, -0.15) is 0 Å². The van der Waals surface area contributed by atoms with Crippen molar-refractivity contribution in [3.8, 4) is 0 Å². The van der Waals surface area contributed by atoms with Crippen LogP contribution in [-0.2, 0) is 0 Å². The first kappa shape index (κ1) is 15.8. The van der Waals surface area contributed by atoms with E-state index in [1.54, 1.807) is 0 Å². The highest BCUT2D eigenvalue weighted by atomic mass is 15.3. The molecule has 0 aromatic rings. The van der Waals surface area contributed by atoms with E-state index in [2.05, 4.69) is 21.6 Å². The molecule has 3 nitrogen and oxygen atoms in total. The maximum Gasteiger partial charge on any atom is 0.0348 e. The lowest BCUT2D eigenvalue weighted by Gasteiger charge is -2.45. The van der Waals surface area contributed by atoms with Crippen molar-refractivity contribution >= 4 is 0 Å². The quantitative estimate of drug-likeness (QED) is 0.714. The average molecular weight is 292 g/mol. The summed E-state index contributed by atoms with van der Waals surface area (Å²) in [6.45, 7) is 14.9. The van der Waals surface area contributed by atoms with Gasteiger partial charge in [-0.1, -0.05) is 6.92 Å². The molecule has 0 amide bonds. The van der Waals surface area contributed by atoms with E-state index in [0.717, 1.165) is 6.42 Å². The Morgan fingerprint density at radius 1 is 0.714 bits per heavy atom. The van der Waals surface area contributed by atoms with Gasteiger partial charge in [-0.3, -0.25) is 4.90 Å². The summed E-state index contributed by atoms with van der Waals surface area (Å²) in [5, 5.41) is 0. The van der Waals surface area contributed by atoms with Crippen LogP contribution in [0.25, 0.3) is 0 Å². The van der Waals surface area contributed by atoms with Crippen LogP contribution in [0.15, 0.2) is 0 Å². The average Bonchev–Trinajstić information content (AvgIpc) is 3.26. The number of nitrogens with zero attached hydrogens (tertiary/aromatic N) is 3. The third-order valence-electron chi connectivity index (χ3n) is 6.05. The zero-order valence-electron chi connectivity index (χ0n) is 13.9. The second-order valence-electron chi connectivity index (χ2n) is 7.45. The summed E-state index contributed by atoms with van der Waals surface area (Å²) in [5.41, 5.74) is 0.351. The first-order valence-corrected chi connectivity index (χ1v) is 9.31. The summed E-state index contributed by atoms with van der Waals surface area (Å²) >= 11 is 0. The van der Waals surface area contributed by atoms with E-state index in [1.807, 2.05) is 0 Å². The molecule has 21 heavy (non-hydrogen) atoms. The Balaban J connectivity index is 1.64. The molecular weight excluding hydrogens is 258 g/mol.